The minimum absolute atomic E-state index is 0.105. The number of pyridine rings is 1. The molecule has 0 radical (unpaired) electrons. The van der Waals surface area contributed by atoms with E-state index in [2.05, 4.69) is 56.7 Å². The molecule has 8 heteroatoms. The van der Waals surface area contributed by atoms with Gasteiger partial charge in [-0.3, -0.25) is 0 Å². The molecular weight excluding hydrogens is 446 g/mol. The Bertz CT molecular complexity index is 1340. The Morgan fingerprint density at radius 1 is 0.971 bits per heavy atom. The quantitative estimate of drug-likeness (QED) is 0.426. The summed E-state index contributed by atoms with van der Waals surface area (Å²) in [5.74, 6) is 0.756. The number of aromatic nitrogens is 2. The monoisotopic (exact) mass is 475 g/mol. The van der Waals surface area contributed by atoms with E-state index >= 15 is 0 Å². The SMILES string of the molecule is CN1CCN(S(=O)(=O)c2ccc(NC[C@@H](c3ccccc3)c3c[nH]c4ccccc34)nc2)CC1. The van der Waals surface area contributed by atoms with Crippen LogP contribution in [-0.2, 0) is 10.0 Å². The van der Waals surface area contributed by atoms with Crippen LogP contribution >= 0.6 is 0 Å². The number of aromatic amines is 1. The molecule has 2 N–H and O–H groups in total. The molecule has 1 saturated heterocycles. The molecule has 5 rings (SSSR count). The van der Waals surface area contributed by atoms with E-state index in [1.807, 2.05) is 31.3 Å². The molecule has 1 atom stereocenters. The van der Waals surface area contributed by atoms with Gasteiger partial charge in [0.2, 0.25) is 10.0 Å². The standard InChI is InChI=1S/C26H29N5O2S/c1-30-13-15-31(16-14-30)34(32,33)21-11-12-26(28-17-21)29-18-23(20-7-3-2-4-8-20)24-19-27-25-10-6-5-9-22(24)25/h2-12,17,19,23,27H,13-16,18H2,1H3,(H,28,29)/t23-/m0/s1. The third-order valence-electron chi connectivity index (χ3n) is 6.52. The van der Waals surface area contributed by atoms with E-state index in [0.29, 0.717) is 25.5 Å². The second-order valence-electron chi connectivity index (χ2n) is 8.72. The number of likely N-dealkylation sites (N-methyl/N-ethyl adjacent to an activating group) is 1. The molecule has 0 saturated carbocycles. The molecule has 4 aromatic rings. The van der Waals surface area contributed by atoms with Gasteiger partial charge in [0.1, 0.15) is 10.7 Å². The van der Waals surface area contributed by atoms with Crippen molar-refractivity contribution < 1.29 is 8.42 Å². The molecule has 1 aliphatic heterocycles. The van der Waals surface area contributed by atoms with Gasteiger partial charge in [0.15, 0.2) is 0 Å². The van der Waals surface area contributed by atoms with Crippen LogP contribution in [0.25, 0.3) is 10.9 Å². The molecule has 0 unspecified atom stereocenters. The molecule has 2 aromatic heterocycles. The molecule has 3 heterocycles. The van der Waals surface area contributed by atoms with Crippen LogP contribution in [0.15, 0.2) is 84.0 Å². The maximum Gasteiger partial charge on any atom is 0.244 e. The lowest BCUT2D eigenvalue weighted by molar-refractivity contribution is 0.222. The lowest BCUT2D eigenvalue weighted by Crippen LogP contribution is -2.47. The number of H-pyrrole nitrogens is 1. The lowest BCUT2D eigenvalue weighted by atomic mass is 9.91. The highest BCUT2D eigenvalue weighted by Crippen LogP contribution is 2.31. The summed E-state index contributed by atoms with van der Waals surface area (Å²) in [4.78, 5) is 10.2. The van der Waals surface area contributed by atoms with Crippen LogP contribution in [0, 0.1) is 0 Å². The summed E-state index contributed by atoms with van der Waals surface area (Å²) in [6, 6.07) is 22.1. The number of benzene rings is 2. The van der Waals surface area contributed by atoms with Crippen LogP contribution in [0.5, 0.6) is 0 Å². The molecule has 1 fully saturated rings. The number of hydrogen-bond donors (Lipinski definition) is 2. The van der Waals surface area contributed by atoms with E-state index in [0.717, 1.165) is 18.6 Å². The number of sulfonamides is 1. The largest absolute Gasteiger partial charge is 0.369 e. The van der Waals surface area contributed by atoms with Crippen molar-refractivity contribution >= 4 is 26.7 Å². The van der Waals surface area contributed by atoms with Crippen molar-refractivity contribution in [3.05, 3.63) is 90.3 Å². The van der Waals surface area contributed by atoms with Crippen LogP contribution in [0.2, 0.25) is 0 Å². The van der Waals surface area contributed by atoms with Gasteiger partial charge in [0.05, 0.1) is 0 Å². The zero-order valence-corrected chi connectivity index (χ0v) is 20.0. The Hall–Kier alpha value is -3.20. The van der Waals surface area contributed by atoms with Gasteiger partial charge in [0, 0.05) is 61.9 Å². The second-order valence-corrected chi connectivity index (χ2v) is 10.7. The fraction of sp³-hybridized carbons (Fsp3) is 0.269. The normalized spacial score (nSPS) is 16.5. The first-order valence-corrected chi connectivity index (χ1v) is 13.0. The van der Waals surface area contributed by atoms with Crippen molar-refractivity contribution in [3.8, 4) is 0 Å². The number of nitrogens with zero attached hydrogens (tertiary/aromatic N) is 3. The molecule has 0 bridgehead atoms. The van der Waals surface area contributed by atoms with Crippen LogP contribution in [0.4, 0.5) is 5.82 Å². The minimum Gasteiger partial charge on any atom is -0.369 e. The van der Waals surface area contributed by atoms with Crippen molar-refractivity contribution in [1.29, 1.82) is 0 Å². The van der Waals surface area contributed by atoms with Crippen molar-refractivity contribution in [1.82, 2.24) is 19.2 Å². The minimum atomic E-state index is -3.52. The Kier molecular flexibility index (Phi) is 6.36. The fourth-order valence-electron chi connectivity index (χ4n) is 4.50. The molecule has 176 valence electrons. The molecule has 34 heavy (non-hydrogen) atoms. The number of para-hydroxylation sites is 1. The Balaban J connectivity index is 1.35. The van der Waals surface area contributed by atoms with Gasteiger partial charge < -0.3 is 15.2 Å². The summed E-state index contributed by atoms with van der Waals surface area (Å²) in [6.07, 6.45) is 3.53. The molecule has 2 aromatic carbocycles. The van der Waals surface area contributed by atoms with Crippen molar-refractivity contribution in [2.75, 3.05) is 45.1 Å². The maximum atomic E-state index is 13.0. The van der Waals surface area contributed by atoms with Gasteiger partial charge in [-0.25, -0.2) is 13.4 Å². The molecule has 7 nitrogen and oxygen atoms in total. The van der Waals surface area contributed by atoms with Gasteiger partial charge in [-0.1, -0.05) is 48.5 Å². The zero-order chi connectivity index (χ0) is 23.5. The number of fused-ring (bicyclic) bond motifs is 1. The molecular formula is C26H29N5O2S. The third-order valence-corrected chi connectivity index (χ3v) is 8.40. The van der Waals surface area contributed by atoms with Crippen LogP contribution < -0.4 is 5.32 Å². The topological polar surface area (TPSA) is 81.3 Å². The number of nitrogens with one attached hydrogen (secondary N) is 2. The summed E-state index contributed by atoms with van der Waals surface area (Å²) in [7, 11) is -1.52. The van der Waals surface area contributed by atoms with E-state index in [1.165, 1.54) is 22.7 Å². The lowest BCUT2D eigenvalue weighted by Gasteiger charge is -2.31. The molecule has 0 spiro atoms. The number of anilines is 1. The number of hydrogen-bond acceptors (Lipinski definition) is 5. The van der Waals surface area contributed by atoms with Crippen LogP contribution in [0.1, 0.15) is 17.0 Å². The average molecular weight is 476 g/mol. The van der Waals surface area contributed by atoms with Gasteiger partial charge in [0.25, 0.3) is 0 Å². The van der Waals surface area contributed by atoms with Crippen molar-refractivity contribution in [2.45, 2.75) is 10.8 Å². The second kappa shape index (κ2) is 9.58. The predicted octanol–water partition coefficient (Wildman–Crippen LogP) is 3.74. The Morgan fingerprint density at radius 2 is 1.71 bits per heavy atom. The molecule has 0 aliphatic carbocycles. The van der Waals surface area contributed by atoms with Gasteiger partial charge in [-0.15, -0.1) is 0 Å². The van der Waals surface area contributed by atoms with E-state index in [1.54, 1.807) is 16.4 Å². The number of rotatable bonds is 7. The van der Waals surface area contributed by atoms with Crippen molar-refractivity contribution in [3.63, 3.8) is 0 Å². The van der Waals surface area contributed by atoms with Gasteiger partial charge in [-0.05, 0) is 36.4 Å². The zero-order valence-electron chi connectivity index (χ0n) is 19.2. The summed E-state index contributed by atoms with van der Waals surface area (Å²) >= 11 is 0. The van der Waals surface area contributed by atoms with Crippen LogP contribution in [0.3, 0.4) is 0 Å². The Morgan fingerprint density at radius 3 is 2.44 bits per heavy atom. The summed E-state index contributed by atoms with van der Waals surface area (Å²) in [5.41, 5.74) is 3.52. The van der Waals surface area contributed by atoms with E-state index < -0.39 is 10.0 Å². The predicted molar refractivity (Wildman–Crippen MR) is 136 cm³/mol. The smallest absolute Gasteiger partial charge is 0.244 e. The average Bonchev–Trinajstić information content (AvgIpc) is 3.29. The molecule has 1 aliphatic rings. The highest BCUT2D eigenvalue weighted by molar-refractivity contribution is 7.89. The Labute approximate surface area is 200 Å². The highest BCUT2D eigenvalue weighted by atomic mass is 32.2. The van der Waals surface area contributed by atoms with Gasteiger partial charge >= 0.3 is 0 Å². The summed E-state index contributed by atoms with van der Waals surface area (Å²) in [6.45, 7) is 3.11. The van der Waals surface area contributed by atoms with Crippen LogP contribution in [-0.4, -0.2) is 67.4 Å². The van der Waals surface area contributed by atoms with E-state index in [9.17, 15) is 8.42 Å². The maximum absolute atomic E-state index is 13.0. The third kappa shape index (κ3) is 4.57. The van der Waals surface area contributed by atoms with Gasteiger partial charge in [-0.2, -0.15) is 4.31 Å². The van der Waals surface area contributed by atoms with E-state index in [-0.39, 0.29) is 10.8 Å². The van der Waals surface area contributed by atoms with Crippen molar-refractivity contribution in [2.24, 2.45) is 0 Å². The van der Waals surface area contributed by atoms with E-state index in [4.69, 9.17) is 0 Å². The first kappa shape index (κ1) is 22.6. The summed E-state index contributed by atoms with van der Waals surface area (Å²) < 4.78 is 27.5. The first-order chi connectivity index (χ1) is 16.5. The first-order valence-electron chi connectivity index (χ1n) is 11.5. The molecule has 0 amide bonds. The fourth-order valence-corrected chi connectivity index (χ4v) is 5.86. The highest BCUT2D eigenvalue weighted by Gasteiger charge is 2.27. The summed E-state index contributed by atoms with van der Waals surface area (Å²) in [5, 5.41) is 4.61. The number of piperazine rings is 1.